The smallest absolute Gasteiger partial charge is 0.254 e. The summed E-state index contributed by atoms with van der Waals surface area (Å²) < 4.78 is 0. The second-order valence-corrected chi connectivity index (χ2v) is 8.29. The van der Waals surface area contributed by atoms with Crippen LogP contribution in [0.1, 0.15) is 50.6 Å². The number of amides is 2. The van der Waals surface area contributed by atoms with Crippen LogP contribution in [0.15, 0.2) is 54.9 Å². The highest BCUT2D eigenvalue weighted by atomic mass is 16.3. The Labute approximate surface area is 187 Å². The zero-order valence-electron chi connectivity index (χ0n) is 18.4. The van der Waals surface area contributed by atoms with Crippen molar-refractivity contribution < 1.29 is 14.7 Å². The van der Waals surface area contributed by atoms with Crippen molar-refractivity contribution in [2.75, 3.05) is 13.1 Å². The van der Waals surface area contributed by atoms with Crippen LogP contribution in [0.5, 0.6) is 0 Å². The molecule has 2 amide bonds. The third-order valence-electron chi connectivity index (χ3n) is 5.63. The fourth-order valence-corrected chi connectivity index (χ4v) is 3.59. The Morgan fingerprint density at radius 2 is 1.62 bits per heavy atom. The first-order valence-corrected chi connectivity index (χ1v) is 10.6. The molecule has 1 aliphatic rings. The summed E-state index contributed by atoms with van der Waals surface area (Å²) >= 11 is 0. The quantitative estimate of drug-likeness (QED) is 0.649. The molecule has 0 radical (unpaired) electrons. The molecule has 7 heteroatoms. The SMILES string of the molecule is Cc1ccc(-c2cc(C(=O)N[C@H](C)c3cnc(C)nc3)cc(C(=O)N3CC(O)C3)c2)cc1. The summed E-state index contributed by atoms with van der Waals surface area (Å²) in [4.78, 5) is 36.0. The molecule has 2 aromatic carbocycles. The molecule has 0 aliphatic carbocycles. The Morgan fingerprint density at radius 3 is 2.25 bits per heavy atom. The highest BCUT2D eigenvalue weighted by Crippen LogP contribution is 2.25. The number of nitrogens with one attached hydrogen (secondary N) is 1. The third-order valence-corrected chi connectivity index (χ3v) is 5.63. The van der Waals surface area contributed by atoms with Gasteiger partial charge in [-0.15, -0.1) is 0 Å². The third kappa shape index (κ3) is 4.68. The van der Waals surface area contributed by atoms with Crippen molar-refractivity contribution in [3.8, 4) is 11.1 Å². The first kappa shape index (κ1) is 21.6. The number of rotatable bonds is 5. The van der Waals surface area contributed by atoms with Crippen molar-refractivity contribution in [3.63, 3.8) is 0 Å². The summed E-state index contributed by atoms with van der Waals surface area (Å²) in [5, 5.41) is 12.5. The van der Waals surface area contributed by atoms with Crippen molar-refractivity contribution in [1.82, 2.24) is 20.2 Å². The number of nitrogens with zero attached hydrogens (tertiary/aromatic N) is 3. The Balaban J connectivity index is 1.64. The van der Waals surface area contributed by atoms with Gasteiger partial charge in [-0.2, -0.15) is 0 Å². The summed E-state index contributed by atoms with van der Waals surface area (Å²) in [6.07, 6.45) is 2.90. The normalized spacial score (nSPS) is 14.6. The van der Waals surface area contributed by atoms with Gasteiger partial charge in [0, 0.05) is 42.2 Å². The standard InChI is InChI=1S/C25H26N4O3/c1-15-4-6-18(7-5-15)19-8-20(10-21(9-19)25(32)29-13-23(30)14-29)24(31)28-16(2)22-11-26-17(3)27-12-22/h4-12,16,23,30H,13-14H2,1-3H3,(H,28,31)/t16-/m1/s1. The number of hydrogen-bond acceptors (Lipinski definition) is 5. The molecule has 1 aliphatic heterocycles. The Morgan fingerprint density at radius 1 is 1.00 bits per heavy atom. The lowest BCUT2D eigenvalue weighted by atomic mass is 9.97. The average Bonchev–Trinajstić information content (AvgIpc) is 2.77. The molecule has 0 spiro atoms. The summed E-state index contributed by atoms with van der Waals surface area (Å²) in [5.41, 5.74) is 4.45. The second kappa shape index (κ2) is 8.88. The Bertz CT molecular complexity index is 1140. The van der Waals surface area contributed by atoms with Crippen molar-refractivity contribution >= 4 is 11.8 Å². The highest BCUT2D eigenvalue weighted by Gasteiger charge is 2.30. The fourth-order valence-electron chi connectivity index (χ4n) is 3.59. The molecule has 1 fully saturated rings. The number of aliphatic hydroxyl groups is 1. The van der Waals surface area contributed by atoms with Gasteiger partial charge in [-0.3, -0.25) is 9.59 Å². The predicted molar refractivity (Wildman–Crippen MR) is 121 cm³/mol. The number of hydrogen-bond donors (Lipinski definition) is 2. The largest absolute Gasteiger partial charge is 0.389 e. The first-order valence-electron chi connectivity index (χ1n) is 10.6. The molecule has 164 valence electrons. The molecule has 32 heavy (non-hydrogen) atoms. The van der Waals surface area contributed by atoms with Gasteiger partial charge in [0.05, 0.1) is 12.1 Å². The van der Waals surface area contributed by atoms with E-state index >= 15 is 0 Å². The minimum absolute atomic E-state index is 0.196. The number of likely N-dealkylation sites (tertiary alicyclic amines) is 1. The molecule has 1 aromatic heterocycles. The molecule has 7 nitrogen and oxygen atoms in total. The molecule has 2 N–H and O–H groups in total. The molecule has 0 saturated carbocycles. The summed E-state index contributed by atoms with van der Waals surface area (Å²) in [7, 11) is 0. The van der Waals surface area contributed by atoms with Gasteiger partial charge in [0.15, 0.2) is 0 Å². The van der Waals surface area contributed by atoms with E-state index in [1.807, 2.05) is 38.1 Å². The molecule has 4 rings (SSSR count). The van der Waals surface area contributed by atoms with E-state index in [-0.39, 0.29) is 17.9 Å². The van der Waals surface area contributed by atoms with E-state index in [4.69, 9.17) is 0 Å². The van der Waals surface area contributed by atoms with Crippen LogP contribution in [-0.2, 0) is 0 Å². The molecular weight excluding hydrogens is 404 g/mol. The molecule has 0 unspecified atom stereocenters. The van der Waals surface area contributed by atoms with E-state index in [1.165, 1.54) is 0 Å². The van der Waals surface area contributed by atoms with Crippen LogP contribution in [0.3, 0.4) is 0 Å². The van der Waals surface area contributed by atoms with E-state index in [2.05, 4.69) is 15.3 Å². The number of benzene rings is 2. The zero-order valence-corrected chi connectivity index (χ0v) is 18.4. The van der Waals surface area contributed by atoms with Gasteiger partial charge >= 0.3 is 0 Å². The molecule has 1 atom stereocenters. The van der Waals surface area contributed by atoms with E-state index in [1.54, 1.807) is 42.4 Å². The molecular formula is C25H26N4O3. The molecule has 0 bridgehead atoms. The number of aromatic nitrogens is 2. The van der Waals surface area contributed by atoms with Gasteiger partial charge in [0.1, 0.15) is 5.82 Å². The second-order valence-electron chi connectivity index (χ2n) is 8.29. The minimum atomic E-state index is -0.487. The highest BCUT2D eigenvalue weighted by molar-refractivity contribution is 6.02. The number of aryl methyl sites for hydroxylation is 2. The molecule has 3 aromatic rings. The Kier molecular flexibility index (Phi) is 6.01. The van der Waals surface area contributed by atoms with Gasteiger partial charge in [0.2, 0.25) is 0 Å². The lowest BCUT2D eigenvalue weighted by Gasteiger charge is -2.36. The van der Waals surface area contributed by atoms with Crippen LogP contribution in [0, 0.1) is 13.8 Å². The summed E-state index contributed by atoms with van der Waals surface area (Å²) in [6.45, 7) is 6.29. The van der Waals surface area contributed by atoms with Crippen molar-refractivity contribution in [2.45, 2.75) is 32.9 Å². The predicted octanol–water partition coefficient (Wildman–Crippen LogP) is 3.07. The topological polar surface area (TPSA) is 95.4 Å². The maximum atomic E-state index is 13.1. The van der Waals surface area contributed by atoms with Crippen LogP contribution in [0.4, 0.5) is 0 Å². The Hall–Kier alpha value is -3.58. The zero-order chi connectivity index (χ0) is 22.8. The first-order chi connectivity index (χ1) is 15.3. The van der Waals surface area contributed by atoms with Crippen molar-refractivity contribution in [1.29, 1.82) is 0 Å². The van der Waals surface area contributed by atoms with Crippen molar-refractivity contribution in [3.05, 3.63) is 82.9 Å². The van der Waals surface area contributed by atoms with Gasteiger partial charge < -0.3 is 15.3 Å². The number of aliphatic hydroxyl groups excluding tert-OH is 1. The van der Waals surface area contributed by atoms with E-state index < -0.39 is 6.10 Å². The lowest BCUT2D eigenvalue weighted by Crippen LogP contribution is -2.53. The van der Waals surface area contributed by atoms with Gasteiger partial charge in [-0.25, -0.2) is 9.97 Å². The van der Waals surface area contributed by atoms with Gasteiger partial charge in [-0.05, 0) is 50.1 Å². The number of carbonyl (C=O) groups is 2. The van der Waals surface area contributed by atoms with E-state index in [9.17, 15) is 14.7 Å². The van der Waals surface area contributed by atoms with Gasteiger partial charge in [-0.1, -0.05) is 29.8 Å². The number of β-amino-alcohol motifs (C(OH)–C–C–N with tert-alkyl or cyclic N) is 1. The average molecular weight is 431 g/mol. The van der Waals surface area contributed by atoms with Crippen LogP contribution >= 0.6 is 0 Å². The maximum absolute atomic E-state index is 13.1. The molecule has 2 heterocycles. The fraction of sp³-hybridized carbons (Fsp3) is 0.280. The van der Waals surface area contributed by atoms with E-state index in [0.717, 1.165) is 22.3 Å². The van der Waals surface area contributed by atoms with Crippen LogP contribution in [-0.4, -0.2) is 51.0 Å². The van der Waals surface area contributed by atoms with Crippen molar-refractivity contribution in [2.24, 2.45) is 0 Å². The van der Waals surface area contributed by atoms with Gasteiger partial charge in [0.25, 0.3) is 11.8 Å². The lowest BCUT2D eigenvalue weighted by molar-refractivity contribution is 0.00589. The summed E-state index contributed by atoms with van der Waals surface area (Å²) in [6, 6.07) is 12.8. The van der Waals surface area contributed by atoms with Crippen LogP contribution < -0.4 is 5.32 Å². The van der Waals surface area contributed by atoms with Crippen LogP contribution in [0.25, 0.3) is 11.1 Å². The van der Waals surface area contributed by atoms with Crippen LogP contribution in [0.2, 0.25) is 0 Å². The number of carbonyl (C=O) groups excluding carboxylic acids is 2. The summed E-state index contributed by atoms with van der Waals surface area (Å²) in [5.74, 6) is 0.181. The molecule has 1 saturated heterocycles. The van der Waals surface area contributed by atoms with E-state index in [0.29, 0.717) is 30.0 Å². The monoisotopic (exact) mass is 430 g/mol. The minimum Gasteiger partial charge on any atom is -0.389 e. The maximum Gasteiger partial charge on any atom is 0.254 e.